The van der Waals surface area contributed by atoms with E-state index in [-0.39, 0.29) is 18.1 Å². The summed E-state index contributed by atoms with van der Waals surface area (Å²) in [6.07, 6.45) is 0.0813. The minimum atomic E-state index is -0.345. The van der Waals surface area contributed by atoms with Crippen LogP contribution in [0.5, 0.6) is 0 Å². The number of hydrogen-bond donors (Lipinski definition) is 1. The highest BCUT2D eigenvalue weighted by molar-refractivity contribution is 9.10. The largest absolute Gasteiger partial charge is 0.356 e. The maximum absolute atomic E-state index is 13.3. The Morgan fingerprint density at radius 3 is 2.81 bits per heavy atom. The van der Waals surface area contributed by atoms with E-state index in [0.29, 0.717) is 18.0 Å². The molecule has 1 aromatic rings. The van der Waals surface area contributed by atoms with Crippen LogP contribution in [0, 0.1) is 11.7 Å². The molecular weight excluding hydrogens is 273 g/mol. The third-order valence-corrected chi connectivity index (χ3v) is 2.56. The molecule has 0 bridgehead atoms. The number of carbonyl (C=O) groups excluding carboxylic acids is 1. The molecule has 4 heteroatoms. The van der Waals surface area contributed by atoms with Gasteiger partial charge in [-0.2, -0.15) is 0 Å². The Labute approximate surface area is 103 Å². The van der Waals surface area contributed by atoms with E-state index in [2.05, 4.69) is 21.2 Å². The average molecular weight is 288 g/mol. The van der Waals surface area contributed by atoms with Crippen molar-refractivity contribution in [3.05, 3.63) is 34.1 Å². The van der Waals surface area contributed by atoms with Gasteiger partial charge in [0.05, 0.1) is 6.42 Å². The van der Waals surface area contributed by atoms with Gasteiger partial charge in [0.2, 0.25) is 5.91 Å². The van der Waals surface area contributed by atoms with Gasteiger partial charge in [0.25, 0.3) is 0 Å². The molecule has 1 aromatic carbocycles. The Bertz CT molecular complexity index is 379. The molecule has 0 saturated carbocycles. The van der Waals surface area contributed by atoms with Crippen molar-refractivity contribution in [3.63, 3.8) is 0 Å². The highest BCUT2D eigenvalue weighted by Crippen LogP contribution is 2.15. The van der Waals surface area contributed by atoms with Gasteiger partial charge >= 0.3 is 0 Å². The van der Waals surface area contributed by atoms with Crippen molar-refractivity contribution >= 4 is 21.8 Å². The molecule has 0 atom stereocenters. The van der Waals surface area contributed by atoms with Gasteiger partial charge in [-0.25, -0.2) is 4.39 Å². The van der Waals surface area contributed by atoms with Gasteiger partial charge in [-0.15, -0.1) is 0 Å². The average Bonchev–Trinajstić information content (AvgIpc) is 2.20. The Morgan fingerprint density at radius 2 is 2.19 bits per heavy atom. The van der Waals surface area contributed by atoms with Crippen LogP contribution < -0.4 is 5.32 Å². The number of nitrogens with one attached hydrogen (secondary N) is 1. The van der Waals surface area contributed by atoms with Crippen LogP contribution in [-0.2, 0) is 11.2 Å². The first kappa shape index (κ1) is 13.2. The van der Waals surface area contributed by atoms with E-state index in [9.17, 15) is 9.18 Å². The molecule has 0 saturated heterocycles. The molecule has 0 aliphatic heterocycles. The lowest BCUT2D eigenvalue weighted by Crippen LogP contribution is -2.28. The molecule has 0 aromatic heterocycles. The van der Waals surface area contributed by atoms with E-state index in [1.165, 1.54) is 6.07 Å². The predicted molar refractivity (Wildman–Crippen MR) is 65.7 cm³/mol. The smallest absolute Gasteiger partial charge is 0.224 e. The molecule has 0 spiro atoms. The summed E-state index contributed by atoms with van der Waals surface area (Å²) in [7, 11) is 0. The van der Waals surface area contributed by atoms with Gasteiger partial charge < -0.3 is 5.32 Å². The fraction of sp³-hybridized carbons (Fsp3) is 0.417. The molecule has 0 heterocycles. The summed E-state index contributed by atoms with van der Waals surface area (Å²) >= 11 is 3.25. The van der Waals surface area contributed by atoms with Crippen LogP contribution in [0.4, 0.5) is 4.39 Å². The van der Waals surface area contributed by atoms with Crippen LogP contribution in [0.15, 0.2) is 22.7 Å². The van der Waals surface area contributed by atoms with E-state index >= 15 is 0 Å². The monoisotopic (exact) mass is 287 g/mol. The highest BCUT2D eigenvalue weighted by Gasteiger charge is 2.08. The Morgan fingerprint density at radius 1 is 1.50 bits per heavy atom. The number of halogens is 2. The second-order valence-corrected chi connectivity index (χ2v) is 5.03. The summed E-state index contributed by atoms with van der Waals surface area (Å²) in [5.74, 6) is -0.0927. The lowest BCUT2D eigenvalue weighted by molar-refractivity contribution is -0.120. The Balaban J connectivity index is 2.59. The van der Waals surface area contributed by atoms with Gasteiger partial charge in [-0.1, -0.05) is 29.8 Å². The quantitative estimate of drug-likeness (QED) is 0.907. The van der Waals surface area contributed by atoms with Crippen molar-refractivity contribution in [3.8, 4) is 0 Å². The zero-order chi connectivity index (χ0) is 12.1. The summed E-state index contributed by atoms with van der Waals surface area (Å²) in [6.45, 7) is 4.65. The number of amides is 1. The molecular formula is C12H15BrFNO. The van der Waals surface area contributed by atoms with E-state index in [1.807, 2.05) is 13.8 Å². The Hall–Kier alpha value is -0.900. The summed E-state index contributed by atoms with van der Waals surface area (Å²) in [4.78, 5) is 11.5. The first-order chi connectivity index (χ1) is 7.49. The minimum absolute atomic E-state index is 0.0813. The third-order valence-electron chi connectivity index (χ3n) is 2.07. The standard InChI is InChI=1S/C12H15BrFNO/c1-8(2)7-15-12(16)6-9-5-10(13)3-4-11(9)14/h3-5,8H,6-7H2,1-2H3,(H,15,16). The molecule has 0 aliphatic carbocycles. The molecule has 1 amide bonds. The second-order valence-electron chi connectivity index (χ2n) is 4.11. The van der Waals surface area contributed by atoms with Crippen molar-refractivity contribution in [2.24, 2.45) is 5.92 Å². The van der Waals surface area contributed by atoms with Crippen LogP contribution in [-0.4, -0.2) is 12.5 Å². The molecule has 88 valence electrons. The first-order valence-electron chi connectivity index (χ1n) is 5.19. The van der Waals surface area contributed by atoms with Gasteiger partial charge in [0.1, 0.15) is 5.82 Å². The second kappa shape index (κ2) is 5.99. The normalized spacial score (nSPS) is 10.6. The fourth-order valence-corrected chi connectivity index (χ4v) is 1.64. The number of rotatable bonds is 4. The lowest BCUT2D eigenvalue weighted by atomic mass is 10.1. The van der Waals surface area contributed by atoms with E-state index in [0.717, 1.165) is 4.47 Å². The van der Waals surface area contributed by atoms with Gasteiger partial charge in [0.15, 0.2) is 0 Å². The maximum atomic E-state index is 13.3. The van der Waals surface area contributed by atoms with Crippen molar-refractivity contribution < 1.29 is 9.18 Å². The van der Waals surface area contributed by atoms with Gasteiger partial charge in [-0.05, 0) is 29.7 Å². The Kier molecular flexibility index (Phi) is 4.93. The molecule has 1 N–H and O–H groups in total. The zero-order valence-electron chi connectivity index (χ0n) is 9.39. The summed E-state index contributed by atoms with van der Waals surface area (Å²) in [5.41, 5.74) is 0.413. The van der Waals surface area contributed by atoms with Crippen molar-refractivity contribution in [2.45, 2.75) is 20.3 Å². The minimum Gasteiger partial charge on any atom is -0.356 e. The van der Waals surface area contributed by atoms with Crippen LogP contribution in [0.25, 0.3) is 0 Å². The highest BCUT2D eigenvalue weighted by atomic mass is 79.9. The molecule has 0 aliphatic rings. The van der Waals surface area contributed by atoms with Crippen LogP contribution in [0.2, 0.25) is 0 Å². The molecule has 2 nitrogen and oxygen atoms in total. The zero-order valence-corrected chi connectivity index (χ0v) is 11.0. The topological polar surface area (TPSA) is 29.1 Å². The number of carbonyl (C=O) groups is 1. The summed E-state index contributed by atoms with van der Waals surface area (Å²) < 4.78 is 14.1. The van der Waals surface area contributed by atoms with Gasteiger partial charge in [-0.3, -0.25) is 4.79 Å². The molecule has 0 radical (unpaired) electrons. The lowest BCUT2D eigenvalue weighted by Gasteiger charge is -2.08. The number of benzene rings is 1. The first-order valence-corrected chi connectivity index (χ1v) is 5.99. The van der Waals surface area contributed by atoms with E-state index < -0.39 is 0 Å². The SMILES string of the molecule is CC(C)CNC(=O)Cc1cc(Br)ccc1F. The van der Waals surface area contributed by atoms with E-state index in [1.54, 1.807) is 12.1 Å². The fourth-order valence-electron chi connectivity index (χ4n) is 1.23. The molecule has 0 fully saturated rings. The number of hydrogen-bond acceptors (Lipinski definition) is 1. The van der Waals surface area contributed by atoms with Crippen molar-refractivity contribution in [2.75, 3.05) is 6.54 Å². The molecule has 1 rings (SSSR count). The van der Waals surface area contributed by atoms with Gasteiger partial charge in [0, 0.05) is 11.0 Å². The summed E-state index contributed by atoms with van der Waals surface area (Å²) in [6, 6.07) is 4.60. The van der Waals surface area contributed by atoms with Crippen molar-refractivity contribution in [1.82, 2.24) is 5.32 Å². The maximum Gasteiger partial charge on any atom is 0.224 e. The summed E-state index contributed by atoms with van der Waals surface area (Å²) in [5, 5.41) is 2.76. The van der Waals surface area contributed by atoms with E-state index in [4.69, 9.17) is 0 Å². The molecule has 16 heavy (non-hydrogen) atoms. The van der Waals surface area contributed by atoms with Crippen LogP contribution in [0.3, 0.4) is 0 Å². The molecule has 0 unspecified atom stereocenters. The van der Waals surface area contributed by atoms with Crippen molar-refractivity contribution in [1.29, 1.82) is 0 Å². The van der Waals surface area contributed by atoms with Crippen LogP contribution >= 0.6 is 15.9 Å². The predicted octanol–water partition coefficient (Wildman–Crippen LogP) is 2.90. The third kappa shape index (κ3) is 4.31. The van der Waals surface area contributed by atoms with Crippen LogP contribution in [0.1, 0.15) is 19.4 Å².